The second-order valence-corrected chi connectivity index (χ2v) is 8.85. The molecule has 0 spiro atoms. The van der Waals surface area contributed by atoms with Crippen molar-refractivity contribution in [2.24, 2.45) is 0 Å². The molecule has 0 saturated heterocycles. The second kappa shape index (κ2) is 9.05. The molecule has 0 aliphatic heterocycles. The van der Waals surface area contributed by atoms with Crippen molar-refractivity contribution in [3.8, 4) is 5.69 Å². The highest BCUT2D eigenvalue weighted by molar-refractivity contribution is 8.00. The third-order valence-electron chi connectivity index (χ3n) is 5.24. The Kier molecular flexibility index (Phi) is 6.72. The first-order valence-electron chi connectivity index (χ1n) is 9.71. The van der Waals surface area contributed by atoms with E-state index in [1.807, 2.05) is 37.4 Å². The average molecular weight is 406 g/mol. The maximum atomic E-state index is 13.4. The van der Waals surface area contributed by atoms with Gasteiger partial charge in [0.05, 0.1) is 11.3 Å². The van der Waals surface area contributed by atoms with Gasteiger partial charge in [-0.2, -0.15) is 0 Å². The minimum Gasteiger partial charge on any atom is -0.352 e. The van der Waals surface area contributed by atoms with Gasteiger partial charge in [0.1, 0.15) is 5.82 Å². The molecule has 1 aliphatic carbocycles. The zero-order valence-corrected chi connectivity index (χ0v) is 17.7. The van der Waals surface area contributed by atoms with Gasteiger partial charge in [-0.3, -0.25) is 14.3 Å². The summed E-state index contributed by atoms with van der Waals surface area (Å²) in [6.45, 7) is 3.92. The molecule has 0 radical (unpaired) electrons. The SMILES string of the molecule is C[C@@H](Sc1nnc([C@H](C)N(C)C)n1-c1ccc(F)cc1)C(=O)NC1CCCC1. The zero-order valence-electron chi connectivity index (χ0n) is 16.9. The van der Waals surface area contributed by atoms with Crippen LogP contribution in [-0.4, -0.2) is 51.0 Å². The van der Waals surface area contributed by atoms with Crippen molar-refractivity contribution in [1.29, 1.82) is 0 Å². The van der Waals surface area contributed by atoms with Gasteiger partial charge in [0.15, 0.2) is 11.0 Å². The van der Waals surface area contributed by atoms with Crippen molar-refractivity contribution in [3.05, 3.63) is 35.9 Å². The van der Waals surface area contributed by atoms with E-state index >= 15 is 0 Å². The van der Waals surface area contributed by atoms with Gasteiger partial charge in [0.2, 0.25) is 5.91 Å². The van der Waals surface area contributed by atoms with Gasteiger partial charge >= 0.3 is 0 Å². The van der Waals surface area contributed by atoms with Gasteiger partial charge in [-0.05, 0) is 65.0 Å². The Morgan fingerprint density at radius 3 is 2.46 bits per heavy atom. The Labute approximate surface area is 169 Å². The topological polar surface area (TPSA) is 63.1 Å². The number of hydrogen-bond acceptors (Lipinski definition) is 5. The number of nitrogens with one attached hydrogen (secondary N) is 1. The largest absolute Gasteiger partial charge is 0.352 e. The van der Waals surface area contributed by atoms with Gasteiger partial charge in [0, 0.05) is 11.7 Å². The fourth-order valence-corrected chi connectivity index (χ4v) is 4.18. The first-order valence-corrected chi connectivity index (χ1v) is 10.6. The molecule has 152 valence electrons. The Hall–Kier alpha value is -1.93. The van der Waals surface area contributed by atoms with E-state index in [1.54, 1.807) is 12.1 Å². The monoisotopic (exact) mass is 405 g/mol. The van der Waals surface area contributed by atoms with Gasteiger partial charge in [-0.25, -0.2) is 4.39 Å². The first kappa shape index (κ1) is 20.8. The summed E-state index contributed by atoms with van der Waals surface area (Å²) in [5.74, 6) is 0.479. The summed E-state index contributed by atoms with van der Waals surface area (Å²) in [5, 5.41) is 12.2. The van der Waals surface area contributed by atoms with Crippen LogP contribution in [0.15, 0.2) is 29.4 Å². The van der Waals surface area contributed by atoms with E-state index in [0.29, 0.717) is 5.16 Å². The summed E-state index contributed by atoms with van der Waals surface area (Å²) in [4.78, 5) is 14.6. The summed E-state index contributed by atoms with van der Waals surface area (Å²) in [6, 6.07) is 6.55. The molecule has 2 atom stereocenters. The van der Waals surface area contributed by atoms with E-state index < -0.39 is 0 Å². The van der Waals surface area contributed by atoms with Crippen LogP contribution in [0.4, 0.5) is 4.39 Å². The number of rotatable bonds is 7. The summed E-state index contributed by atoms with van der Waals surface area (Å²) < 4.78 is 15.3. The van der Waals surface area contributed by atoms with Crippen LogP contribution in [0.2, 0.25) is 0 Å². The molecule has 1 heterocycles. The van der Waals surface area contributed by atoms with Crippen LogP contribution >= 0.6 is 11.8 Å². The normalized spacial score (nSPS) is 17.1. The maximum Gasteiger partial charge on any atom is 0.233 e. The van der Waals surface area contributed by atoms with Gasteiger partial charge < -0.3 is 5.32 Å². The van der Waals surface area contributed by atoms with Crippen molar-refractivity contribution in [2.75, 3.05) is 14.1 Å². The third-order valence-corrected chi connectivity index (χ3v) is 6.29. The number of halogens is 1. The number of benzene rings is 1. The highest BCUT2D eigenvalue weighted by atomic mass is 32.2. The predicted octanol–water partition coefficient (Wildman–Crippen LogP) is 3.57. The molecule has 1 saturated carbocycles. The average Bonchev–Trinajstić information content (AvgIpc) is 3.31. The molecular weight excluding hydrogens is 377 g/mol. The van der Waals surface area contributed by atoms with Crippen molar-refractivity contribution in [2.45, 2.75) is 62.0 Å². The minimum absolute atomic E-state index is 0.00882. The number of thioether (sulfide) groups is 1. The Bertz CT molecular complexity index is 801. The number of amides is 1. The lowest BCUT2D eigenvalue weighted by atomic mass is 10.2. The van der Waals surface area contributed by atoms with E-state index in [-0.39, 0.29) is 29.1 Å². The molecule has 6 nitrogen and oxygen atoms in total. The van der Waals surface area contributed by atoms with Crippen molar-refractivity contribution < 1.29 is 9.18 Å². The van der Waals surface area contributed by atoms with Crippen molar-refractivity contribution >= 4 is 17.7 Å². The maximum absolute atomic E-state index is 13.4. The lowest BCUT2D eigenvalue weighted by Gasteiger charge is -2.21. The van der Waals surface area contributed by atoms with E-state index in [9.17, 15) is 9.18 Å². The molecule has 0 unspecified atom stereocenters. The predicted molar refractivity (Wildman–Crippen MR) is 109 cm³/mol. The molecular formula is C20H28FN5OS. The summed E-state index contributed by atoms with van der Waals surface area (Å²) in [5.41, 5.74) is 0.779. The van der Waals surface area contributed by atoms with Gasteiger partial charge in [-0.1, -0.05) is 24.6 Å². The fourth-order valence-electron chi connectivity index (χ4n) is 3.29. The Balaban J connectivity index is 1.85. The van der Waals surface area contributed by atoms with Crippen molar-refractivity contribution in [3.63, 3.8) is 0 Å². The van der Waals surface area contributed by atoms with Crippen LogP contribution < -0.4 is 5.32 Å². The van der Waals surface area contributed by atoms with E-state index in [4.69, 9.17) is 0 Å². The van der Waals surface area contributed by atoms with Gasteiger partial charge in [0.25, 0.3) is 0 Å². The van der Waals surface area contributed by atoms with Crippen LogP contribution in [0.3, 0.4) is 0 Å². The molecule has 1 amide bonds. The van der Waals surface area contributed by atoms with Crippen LogP contribution in [0, 0.1) is 5.82 Å². The van der Waals surface area contributed by atoms with Crippen LogP contribution in [-0.2, 0) is 4.79 Å². The summed E-state index contributed by atoms with van der Waals surface area (Å²) in [6.07, 6.45) is 4.47. The Morgan fingerprint density at radius 2 is 1.86 bits per heavy atom. The van der Waals surface area contributed by atoms with Crippen LogP contribution in [0.1, 0.15) is 51.4 Å². The molecule has 2 aromatic rings. The number of hydrogen-bond donors (Lipinski definition) is 1. The lowest BCUT2D eigenvalue weighted by molar-refractivity contribution is -0.120. The molecule has 3 rings (SSSR count). The zero-order chi connectivity index (χ0) is 20.3. The molecule has 0 bridgehead atoms. The summed E-state index contributed by atoms with van der Waals surface area (Å²) >= 11 is 1.38. The molecule has 1 aromatic heterocycles. The number of nitrogens with zero attached hydrogens (tertiary/aromatic N) is 4. The first-order chi connectivity index (χ1) is 13.4. The molecule has 1 fully saturated rings. The molecule has 8 heteroatoms. The highest BCUT2D eigenvalue weighted by Crippen LogP contribution is 2.29. The quantitative estimate of drug-likeness (QED) is 0.714. The van der Waals surface area contributed by atoms with Gasteiger partial charge in [-0.15, -0.1) is 10.2 Å². The Morgan fingerprint density at radius 1 is 1.21 bits per heavy atom. The molecule has 28 heavy (non-hydrogen) atoms. The molecule has 1 aliphatic rings. The van der Waals surface area contributed by atoms with E-state index in [2.05, 4.69) is 15.5 Å². The number of carbonyl (C=O) groups excluding carboxylic acids is 1. The van der Waals surface area contributed by atoms with E-state index in [1.165, 1.54) is 36.7 Å². The van der Waals surface area contributed by atoms with Crippen molar-refractivity contribution in [1.82, 2.24) is 25.0 Å². The van der Waals surface area contributed by atoms with E-state index in [0.717, 1.165) is 24.4 Å². The third kappa shape index (κ3) is 4.72. The highest BCUT2D eigenvalue weighted by Gasteiger charge is 2.26. The minimum atomic E-state index is -0.300. The summed E-state index contributed by atoms with van der Waals surface area (Å²) in [7, 11) is 3.94. The smallest absolute Gasteiger partial charge is 0.233 e. The van der Waals surface area contributed by atoms with Crippen LogP contribution in [0.25, 0.3) is 5.69 Å². The fraction of sp³-hybridized carbons (Fsp3) is 0.550. The lowest BCUT2D eigenvalue weighted by Crippen LogP contribution is -2.37. The standard InChI is InChI=1S/C20H28FN5OS/c1-13(25(3)4)18-23-24-20(26(18)17-11-9-15(21)10-12-17)28-14(2)19(27)22-16-7-5-6-8-16/h9-14,16H,5-8H2,1-4H3,(H,22,27)/t13-,14+/m0/s1. The molecule has 1 N–H and O–H groups in total. The second-order valence-electron chi connectivity index (χ2n) is 7.54. The number of carbonyl (C=O) groups is 1. The van der Waals surface area contributed by atoms with Crippen LogP contribution in [0.5, 0.6) is 0 Å². The number of aromatic nitrogens is 3. The molecule has 1 aromatic carbocycles.